The van der Waals surface area contributed by atoms with E-state index < -0.39 is 0 Å². The number of amidine groups is 1. The summed E-state index contributed by atoms with van der Waals surface area (Å²) < 4.78 is 0. The van der Waals surface area contributed by atoms with Crippen LogP contribution in [0.5, 0.6) is 0 Å². The summed E-state index contributed by atoms with van der Waals surface area (Å²) in [4.78, 5) is 9.28. The maximum absolute atomic E-state index is 4.95. The molecule has 0 aliphatic carbocycles. The fraction of sp³-hybridized carbons (Fsp3) is 0.800. The van der Waals surface area contributed by atoms with Gasteiger partial charge in [0.2, 0.25) is 0 Å². The Bertz CT molecular complexity index is 221. The van der Waals surface area contributed by atoms with E-state index in [9.17, 15) is 0 Å². The molecule has 0 unspecified atom stereocenters. The molecule has 0 aromatic rings. The molecular weight excluding hydrogens is 178 g/mol. The van der Waals surface area contributed by atoms with Crippen LogP contribution in [0.15, 0.2) is 10.1 Å². The van der Waals surface area contributed by atoms with Crippen molar-refractivity contribution in [2.24, 2.45) is 10.1 Å². The Labute approximate surface area is 86.4 Å². The van der Waals surface area contributed by atoms with Gasteiger partial charge in [-0.1, -0.05) is 5.16 Å². The molecule has 1 N–H and O–H groups in total. The van der Waals surface area contributed by atoms with Crippen molar-refractivity contribution < 1.29 is 4.84 Å². The van der Waals surface area contributed by atoms with E-state index in [2.05, 4.69) is 22.2 Å². The molecule has 0 heterocycles. The monoisotopic (exact) mass is 199 g/mol. The molecule has 0 aliphatic heterocycles. The maximum atomic E-state index is 4.95. The van der Waals surface area contributed by atoms with E-state index >= 15 is 0 Å². The summed E-state index contributed by atoms with van der Waals surface area (Å²) in [5, 5.41) is 6.47. The lowest BCUT2D eigenvalue weighted by molar-refractivity contribution is 0.289. The fourth-order valence-corrected chi connectivity index (χ4v) is 0.758. The Morgan fingerprint density at radius 2 is 1.64 bits per heavy atom. The normalized spacial score (nSPS) is 13.7. The molecule has 0 radical (unpaired) electrons. The van der Waals surface area contributed by atoms with E-state index in [0.29, 0.717) is 6.02 Å². The third kappa shape index (κ3) is 7.58. The van der Waals surface area contributed by atoms with Gasteiger partial charge in [0.25, 0.3) is 0 Å². The molecule has 0 bridgehead atoms. The first-order valence-corrected chi connectivity index (χ1v) is 4.65. The minimum Gasteiger partial charge on any atom is -0.334 e. The van der Waals surface area contributed by atoms with Crippen LogP contribution in [0.3, 0.4) is 0 Å². The van der Waals surface area contributed by atoms with Crippen molar-refractivity contribution >= 4 is 12.7 Å². The Kier molecular flexibility index (Phi) is 4.10. The highest BCUT2D eigenvalue weighted by Gasteiger charge is 2.17. The van der Waals surface area contributed by atoms with Gasteiger partial charge >= 0.3 is 6.02 Å². The van der Waals surface area contributed by atoms with Crippen molar-refractivity contribution in [3.8, 4) is 0 Å². The molecule has 0 rings (SSSR count). The summed E-state index contributed by atoms with van der Waals surface area (Å²) in [5.41, 5.74) is -0.299. The van der Waals surface area contributed by atoms with Crippen LogP contribution in [0.2, 0.25) is 0 Å². The Morgan fingerprint density at radius 1 is 1.14 bits per heavy atom. The van der Waals surface area contributed by atoms with Gasteiger partial charge in [-0.3, -0.25) is 0 Å². The highest BCUT2D eigenvalue weighted by atomic mass is 16.6. The zero-order valence-corrected chi connectivity index (χ0v) is 10.0. The highest BCUT2D eigenvalue weighted by Crippen LogP contribution is 2.08. The van der Waals surface area contributed by atoms with Crippen LogP contribution < -0.4 is 5.32 Å². The Balaban J connectivity index is 4.61. The summed E-state index contributed by atoms with van der Waals surface area (Å²) in [6, 6.07) is 0.403. The second-order valence-electron chi connectivity index (χ2n) is 5.18. The third-order valence-corrected chi connectivity index (χ3v) is 1.07. The molecule has 0 aliphatic rings. The molecule has 0 aromatic carbocycles. The molecule has 82 valence electrons. The zero-order valence-electron chi connectivity index (χ0n) is 10.0. The van der Waals surface area contributed by atoms with Crippen molar-refractivity contribution in [2.45, 2.75) is 52.6 Å². The molecule has 4 nitrogen and oxygen atoms in total. The average Bonchev–Trinajstić information content (AvgIpc) is 1.78. The highest BCUT2D eigenvalue weighted by molar-refractivity contribution is 5.74. The van der Waals surface area contributed by atoms with E-state index in [1.807, 2.05) is 41.5 Å². The number of rotatable bonds is 1. The molecule has 0 atom stereocenters. The standard InChI is InChI=1S/C10H21N3O/c1-9(2,3)12-8(14-11-7)13-10(4,5)6/h7H2,1-6H3,(H,12,13). The van der Waals surface area contributed by atoms with Gasteiger partial charge in [-0.25, -0.2) is 4.99 Å². The van der Waals surface area contributed by atoms with Crippen molar-refractivity contribution in [3.63, 3.8) is 0 Å². The Hall–Kier alpha value is -1.06. The number of hydrogen-bond donors (Lipinski definition) is 1. The minimum atomic E-state index is -0.196. The quantitative estimate of drug-likeness (QED) is 0.399. The lowest BCUT2D eigenvalue weighted by Crippen LogP contribution is -2.42. The number of aliphatic imine (C=N–C) groups is 1. The summed E-state index contributed by atoms with van der Waals surface area (Å²) in [6.45, 7) is 15.3. The molecular formula is C10H21N3O. The van der Waals surface area contributed by atoms with Crippen molar-refractivity contribution in [3.05, 3.63) is 0 Å². The van der Waals surface area contributed by atoms with Crippen LogP contribution in [0.4, 0.5) is 0 Å². The van der Waals surface area contributed by atoms with E-state index in [1.165, 1.54) is 0 Å². The Morgan fingerprint density at radius 3 is 1.93 bits per heavy atom. The van der Waals surface area contributed by atoms with E-state index in [-0.39, 0.29) is 11.1 Å². The first kappa shape index (κ1) is 12.9. The maximum Gasteiger partial charge on any atom is 0.315 e. The van der Waals surface area contributed by atoms with Crippen molar-refractivity contribution in [1.29, 1.82) is 0 Å². The number of hydrogen-bond acceptors (Lipinski definition) is 3. The van der Waals surface area contributed by atoms with Gasteiger partial charge in [-0.2, -0.15) is 0 Å². The van der Waals surface area contributed by atoms with Gasteiger partial charge in [0, 0.05) is 12.3 Å². The van der Waals surface area contributed by atoms with Gasteiger partial charge in [0.1, 0.15) is 0 Å². The van der Waals surface area contributed by atoms with E-state index in [4.69, 9.17) is 4.84 Å². The van der Waals surface area contributed by atoms with Crippen LogP contribution in [-0.4, -0.2) is 23.8 Å². The van der Waals surface area contributed by atoms with Crippen molar-refractivity contribution in [1.82, 2.24) is 5.32 Å². The van der Waals surface area contributed by atoms with Crippen LogP contribution in [0.25, 0.3) is 0 Å². The van der Waals surface area contributed by atoms with Crippen LogP contribution in [0.1, 0.15) is 41.5 Å². The number of nitrogens with one attached hydrogen (secondary N) is 1. The summed E-state index contributed by atoms with van der Waals surface area (Å²) in [5.74, 6) is 0. The van der Waals surface area contributed by atoms with Gasteiger partial charge in [0.05, 0.1) is 5.54 Å². The smallest absolute Gasteiger partial charge is 0.315 e. The first-order chi connectivity index (χ1) is 6.14. The third-order valence-electron chi connectivity index (χ3n) is 1.07. The zero-order chi connectivity index (χ0) is 11.4. The van der Waals surface area contributed by atoms with Crippen LogP contribution >= 0.6 is 0 Å². The van der Waals surface area contributed by atoms with Gasteiger partial charge in [-0.05, 0) is 41.5 Å². The number of nitrogens with zero attached hydrogens (tertiary/aromatic N) is 2. The molecule has 0 aromatic heterocycles. The largest absolute Gasteiger partial charge is 0.334 e. The lowest BCUT2D eigenvalue weighted by Gasteiger charge is -2.23. The topological polar surface area (TPSA) is 46.0 Å². The average molecular weight is 199 g/mol. The van der Waals surface area contributed by atoms with Crippen LogP contribution in [-0.2, 0) is 4.84 Å². The molecule has 0 saturated carbocycles. The lowest BCUT2D eigenvalue weighted by atomic mass is 10.1. The summed E-state index contributed by atoms with van der Waals surface area (Å²) in [7, 11) is 0. The molecule has 0 amide bonds. The van der Waals surface area contributed by atoms with Gasteiger partial charge < -0.3 is 10.2 Å². The SMILES string of the molecule is C=NOC(=NC(C)(C)C)NC(C)(C)C. The summed E-state index contributed by atoms with van der Waals surface area (Å²) in [6.07, 6.45) is 0. The van der Waals surface area contributed by atoms with Gasteiger partial charge in [0.15, 0.2) is 0 Å². The second kappa shape index (κ2) is 4.44. The predicted octanol–water partition coefficient (Wildman–Crippen LogP) is 2.16. The van der Waals surface area contributed by atoms with E-state index in [0.717, 1.165) is 0 Å². The molecule has 0 spiro atoms. The second-order valence-corrected chi connectivity index (χ2v) is 5.18. The fourth-order valence-electron chi connectivity index (χ4n) is 0.758. The van der Waals surface area contributed by atoms with Gasteiger partial charge in [-0.15, -0.1) is 0 Å². The number of oxime groups is 1. The minimum absolute atomic E-state index is 0.102. The van der Waals surface area contributed by atoms with E-state index in [1.54, 1.807) is 0 Å². The molecule has 0 saturated heterocycles. The first-order valence-electron chi connectivity index (χ1n) is 4.65. The predicted molar refractivity (Wildman–Crippen MR) is 60.7 cm³/mol. The molecule has 14 heavy (non-hydrogen) atoms. The molecule has 4 heteroatoms. The van der Waals surface area contributed by atoms with Crippen molar-refractivity contribution in [2.75, 3.05) is 0 Å². The van der Waals surface area contributed by atoms with Crippen LogP contribution in [0, 0.1) is 0 Å². The molecule has 0 fully saturated rings. The summed E-state index contributed by atoms with van der Waals surface area (Å²) >= 11 is 0.